The van der Waals surface area contributed by atoms with Gasteiger partial charge in [0.1, 0.15) is 12.2 Å². The van der Waals surface area contributed by atoms with Crippen LogP contribution in [0.2, 0.25) is 0 Å². The Bertz CT molecular complexity index is 939. The van der Waals surface area contributed by atoms with Crippen molar-refractivity contribution >= 4 is 27.5 Å². The SMILES string of the molecule is O=C(Nc1ccccc1)c1cccn(OCc2cccc(Br)c2)c1=O. The summed E-state index contributed by atoms with van der Waals surface area (Å²) in [4.78, 5) is 30.3. The highest BCUT2D eigenvalue weighted by atomic mass is 79.9. The van der Waals surface area contributed by atoms with Crippen LogP contribution in [-0.4, -0.2) is 10.6 Å². The predicted octanol–water partition coefficient (Wildman–Crippen LogP) is 3.49. The van der Waals surface area contributed by atoms with Crippen molar-refractivity contribution in [3.63, 3.8) is 0 Å². The van der Waals surface area contributed by atoms with Gasteiger partial charge in [-0.15, -0.1) is 0 Å². The number of hydrogen-bond acceptors (Lipinski definition) is 3. The third-order valence-corrected chi connectivity index (χ3v) is 3.94. The molecule has 3 rings (SSSR count). The second-order valence-electron chi connectivity index (χ2n) is 5.28. The maximum atomic E-state index is 12.5. The molecule has 1 amide bonds. The van der Waals surface area contributed by atoms with E-state index in [0.29, 0.717) is 5.69 Å². The number of nitrogens with zero attached hydrogens (tertiary/aromatic N) is 1. The van der Waals surface area contributed by atoms with E-state index in [9.17, 15) is 9.59 Å². The number of nitrogens with one attached hydrogen (secondary N) is 1. The maximum absolute atomic E-state index is 12.5. The number of amides is 1. The average molecular weight is 399 g/mol. The molecule has 126 valence electrons. The lowest BCUT2D eigenvalue weighted by Crippen LogP contribution is -2.32. The van der Waals surface area contributed by atoms with E-state index < -0.39 is 11.5 Å². The number of carbonyl (C=O) groups is 1. The zero-order chi connectivity index (χ0) is 17.6. The first-order chi connectivity index (χ1) is 12.1. The molecule has 0 fully saturated rings. The van der Waals surface area contributed by atoms with Gasteiger partial charge in [0.2, 0.25) is 0 Å². The second kappa shape index (κ2) is 7.81. The fourth-order valence-corrected chi connectivity index (χ4v) is 2.69. The lowest BCUT2D eigenvalue weighted by atomic mass is 10.2. The molecule has 0 atom stereocenters. The molecule has 0 radical (unpaired) electrons. The Balaban J connectivity index is 1.75. The summed E-state index contributed by atoms with van der Waals surface area (Å²) in [6, 6.07) is 19.6. The van der Waals surface area contributed by atoms with Crippen LogP contribution in [0.1, 0.15) is 15.9 Å². The maximum Gasteiger partial charge on any atom is 0.295 e. The average Bonchev–Trinajstić information content (AvgIpc) is 2.62. The van der Waals surface area contributed by atoms with Gasteiger partial charge >= 0.3 is 0 Å². The Hall–Kier alpha value is -2.86. The first-order valence-corrected chi connectivity index (χ1v) is 8.38. The van der Waals surface area contributed by atoms with E-state index in [4.69, 9.17) is 4.84 Å². The highest BCUT2D eigenvalue weighted by Crippen LogP contribution is 2.11. The highest BCUT2D eigenvalue weighted by molar-refractivity contribution is 9.10. The summed E-state index contributed by atoms with van der Waals surface area (Å²) in [5.41, 5.74) is 1.03. The topological polar surface area (TPSA) is 60.3 Å². The Morgan fingerprint density at radius 2 is 1.84 bits per heavy atom. The molecule has 2 aromatic carbocycles. The van der Waals surface area contributed by atoms with E-state index in [1.165, 1.54) is 12.3 Å². The summed E-state index contributed by atoms with van der Waals surface area (Å²) in [7, 11) is 0. The predicted molar refractivity (Wildman–Crippen MR) is 99.5 cm³/mol. The normalized spacial score (nSPS) is 10.3. The largest absolute Gasteiger partial charge is 0.406 e. The second-order valence-corrected chi connectivity index (χ2v) is 6.19. The molecule has 1 N–H and O–H groups in total. The van der Waals surface area contributed by atoms with Gasteiger partial charge in [-0.25, -0.2) is 0 Å². The van der Waals surface area contributed by atoms with Gasteiger partial charge in [0.25, 0.3) is 11.5 Å². The van der Waals surface area contributed by atoms with E-state index in [0.717, 1.165) is 14.8 Å². The fraction of sp³-hybridized carbons (Fsp3) is 0.0526. The van der Waals surface area contributed by atoms with Crippen molar-refractivity contribution in [2.75, 3.05) is 5.32 Å². The van der Waals surface area contributed by atoms with E-state index in [1.807, 2.05) is 30.3 Å². The molecule has 1 heterocycles. The molecule has 0 aliphatic rings. The molecule has 1 aromatic heterocycles. The molecule has 5 nitrogen and oxygen atoms in total. The highest BCUT2D eigenvalue weighted by Gasteiger charge is 2.13. The first-order valence-electron chi connectivity index (χ1n) is 7.59. The van der Waals surface area contributed by atoms with Gasteiger partial charge in [0, 0.05) is 16.4 Å². The summed E-state index contributed by atoms with van der Waals surface area (Å²) in [5.74, 6) is -0.475. The number of aromatic nitrogens is 1. The van der Waals surface area contributed by atoms with Crippen LogP contribution in [0.5, 0.6) is 0 Å². The smallest absolute Gasteiger partial charge is 0.295 e. The number of carbonyl (C=O) groups excluding carboxylic acids is 1. The Kier molecular flexibility index (Phi) is 5.30. The van der Waals surface area contributed by atoms with Crippen molar-refractivity contribution in [2.24, 2.45) is 0 Å². The minimum Gasteiger partial charge on any atom is -0.406 e. The molecule has 0 aliphatic heterocycles. The van der Waals surface area contributed by atoms with Gasteiger partial charge in [-0.2, -0.15) is 4.73 Å². The molecule has 0 bridgehead atoms. The lowest BCUT2D eigenvalue weighted by Gasteiger charge is -2.10. The first kappa shape index (κ1) is 17.0. The molecule has 3 aromatic rings. The molecular weight excluding hydrogens is 384 g/mol. The van der Waals surface area contributed by atoms with Crippen LogP contribution < -0.4 is 15.7 Å². The summed E-state index contributed by atoms with van der Waals surface area (Å²) < 4.78 is 2.00. The number of pyridine rings is 1. The number of anilines is 1. The van der Waals surface area contributed by atoms with Crippen molar-refractivity contribution in [2.45, 2.75) is 6.61 Å². The monoisotopic (exact) mass is 398 g/mol. The third kappa shape index (κ3) is 4.36. The van der Waals surface area contributed by atoms with E-state index >= 15 is 0 Å². The molecule has 0 spiro atoms. The summed E-state index contributed by atoms with van der Waals surface area (Å²) in [6.45, 7) is 0.211. The zero-order valence-corrected chi connectivity index (χ0v) is 14.8. The molecule has 25 heavy (non-hydrogen) atoms. The molecule has 0 saturated heterocycles. The molecule has 0 aliphatic carbocycles. The summed E-state index contributed by atoms with van der Waals surface area (Å²) >= 11 is 3.39. The standard InChI is InChI=1S/C19H15BrN2O3/c20-15-7-4-6-14(12-15)13-25-22-11-5-10-17(19(22)24)18(23)21-16-8-2-1-3-9-16/h1-12H,13H2,(H,21,23). The van der Waals surface area contributed by atoms with Crippen molar-refractivity contribution in [1.82, 2.24) is 4.73 Å². The van der Waals surface area contributed by atoms with Crippen LogP contribution in [0.15, 0.2) is 82.2 Å². The van der Waals surface area contributed by atoms with Gasteiger partial charge in [0.05, 0.1) is 0 Å². The molecule has 6 heteroatoms. The number of halogens is 1. The summed E-state index contributed by atoms with van der Waals surface area (Å²) in [5, 5.41) is 2.69. The van der Waals surface area contributed by atoms with E-state index in [2.05, 4.69) is 21.2 Å². The quantitative estimate of drug-likeness (QED) is 0.715. The van der Waals surface area contributed by atoms with Crippen molar-refractivity contribution < 1.29 is 9.63 Å². The third-order valence-electron chi connectivity index (χ3n) is 3.45. The number of hydrogen-bond donors (Lipinski definition) is 1. The van der Waals surface area contributed by atoms with Gasteiger partial charge in [-0.3, -0.25) is 9.59 Å². The Labute approximate surface area is 153 Å². The minimum atomic E-state index is -0.508. The number of para-hydroxylation sites is 1. The van der Waals surface area contributed by atoms with Gasteiger partial charge in [0.15, 0.2) is 0 Å². The Morgan fingerprint density at radius 3 is 2.60 bits per heavy atom. The molecule has 0 unspecified atom stereocenters. The van der Waals surface area contributed by atoms with Gasteiger partial charge < -0.3 is 10.2 Å². The van der Waals surface area contributed by atoms with E-state index in [1.54, 1.807) is 30.3 Å². The van der Waals surface area contributed by atoms with Crippen LogP contribution in [0.4, 0.5) is 5.69 Å². The van der Waals surface area contributed by atoms with Crippen LogP contribution in [-0.2, 0) is 6.61 Å². The Morgan fingerprint density at radius 1 is 1.04 bits per heavy atom. The van der Waals surface area contributed by atoms with Gasteiger partial charge in [-0.05, 0) is 42.0 Å². The lowest BCUT2D eigenvalue weighted by molar-refractivity contribution is 0.0863. The van der Waals surface area contributed by atoms with Crippen molar-refractivity contribution in [1.29, 1.82) is 0 Å². The van der Waals surface area contributed by atoms with Crippen LogP contribution >= 0.6 is 15.9 Å². The molecule has 0 saturated carbocycles. The number of benzene rings is 2. The zero-order valence-electron chi connectivity index (χ0n) is 13.2. The van der Waals surface area contributed by atoms with Crippen LogP contribution in [0.25, 0.3) is 0 Å². The summed E-state index contributed by atoms with van der Waals surface area (Å²) in [6.07, 6.45) is 1.49. The molecular formula is C19H15BrN2O3. The minimum absolute atomic E-state index is 0.0144. The van der Waals surface area contributed by atoms with Crippen molar-refractivity contribution in [3.8, 4) is 0 Å². The van der Waals surface area contributed by atoms with Crippen molar-refractivity contribution in [3.05, 3.63) is 98.9 Å². The van der Waals surface area contributed by atoms with E-state index in [-0.39, 0.29) is 12.2 Å². The van der Waals surface area contributed by atoms with Gasteiger partial charge in [-0.1, -0.05) is 46.3 Å². The van der Waals surface area contributed by atoms with Crippen LogP contribution in [0.3, 0.4) is 0 Å². The fourth-order valence-electron chi connectivity index (χ4n) is 2.24. The van der Waals surface area contributed by atoms with Crippen LogP contribution in [0, 0.1) is 0 Å². The number of rotatable bonds is 5.